The number of nitrogens with zero attached hydrogens (tertiary/aromatic N) is 1. The van der Waals surface area contributed by atoms with E-state index in [9.17, 15) is 8.42 Å². The first-order chi connectivity index (χ1) is 9.80. The van der Waals surface area contributed by atoms with Gasteiger partial charge in [-0.3, -0.25) is 0 Å². The van der Waals surface area contributed by atoms with Crippen LogP contribution in [0.5, 0.6) is 0 Å². The highest BCUT2D eigenvalue weighted by Gasteiger charge is 2.29. The van der Waals surface area contributed by atoms with Gasteiger partial charge in [0.25, 0.3) is 0 Å². The fourth-order valence-corrected chi connectivity index (χ4v) is 3.95. The van der Waals surface area contributed by atoms with Gasteiger partial charge in [0.1, 0.15) is 6.61 Å². The molecule has 0 spiro atoms. The number of benzene rings is 1. The monoisotopic (exact) mass is 309 g/mol. The lowest BCUT2D eigenvalue weighted by atomic mass is 10.2. The molecule has 0 fully saturated rings. The van der Waals surface area contributed by atoms with Crippen molar-refractivity contribution in [3.8, 4) is 11.8 Å². The Bertz CT molecular complexity index is 624. The van der Waals surface area contributed by atoms with Gasteiger partial charge in [-0.1, -0.05) is 37.8 Å². The van der Waals surface area contributed by atoms with Crippen molar-refractivity contribution in [2.24, 2.45) is 5.92 Å². The van der Waals surface area contributed by atoms with Gasteiger partial charge in [0.05, 0.1) is 4.90 Å². The number of aliphatic hydroxyl groups excluding tert-OH is 1. The van der Waals surface area contributed by atoms with Crippen LogP contribution in [0.25, 0.3) is 0 Å². The smallest absolute Gasteiger partial charge is 0.244 e. The summed E-state index contributed by atoms with van der Waals surface area (Å²) >= 11 is 0. The summed E-state index contributed by atoms with van der Waals surface area (Å²) in [5.41, 5.74) is 0.418. The Hall–Kier alpha value is -1.35. The third-order valence-corrected chi connectivity index (χ3v) is 5.00. The van der Waals surface area contributed by atoms with Crippen molar-refractivity contribution in [1.82, 2.24) is 4.31 Å². The molecule has 1 aromatic carbocycles. The van der Waals surface area contributed by atoms with Gasteiger partial charge in [-0.15, -0.1) is 0 Å². The van der Waals surface area contributed by atoms with E-state index in [1.54, 1.807) is 24.3 Å². The zero-order chi connectivity index (χ0) is 16.0. The van der Waals surface area contributed by atoms with E-state index in [1.165, 1.54) is 4.31 Å². The van der Waals surface area contributed by atoms with Crippen LogP contribution in [0, 0.1) is 17.8 Å². The van der Waals surface area contributed by atoms with Crippen LogP contribution in [0.4, 0.5) is 0 Å². The molecule has 0 heterocycles. The van der Waals surface area contributed by atoms with Gasteiger partial charge in [0, 0.05) is 18.2 Å². The van der Waals surface area contributed by atoms with Gasteiger partial charge in [0.15, 0.2) is 0 Å². The van der Waals surface area contributed by atoms with Crippen LogP contribution in [0.1, 0.15) is 33.3 Å². The standard InChI is InChI=1S/C16H23NO3S/c1-13(2)12-17(14(3)4)21(19,20)16-10-6-5-8-15(16)9-7-11-18/h5-6,8,10,13-14,18H,11-12H2,1-4H3. The summed E-state index contributed by atoms with van der Waals surface area (Å²) in [7, 11) is -3.61. The molecule has 21 heavy (non-hydrogen) atoms. The summed E-state index contributed by atoms with van der Waals surface area (Å²) in [5, 5.41) is 8.80. The Labute approximate surface area is 127 Å². The van der Waals surface area contributed by atoms with Gasteiger partial charge >= 0.3 is 0 Å². The molecule has 4 nitrogen and oxygen atoms in total. The zero-order valence-electron chi connectivity index (χ0n) is 13.0. The number of sulfonamides is 1. The minimum Gasteiger partial charge on any atom is -0.384 e. The highest BCUT2D eigenvalue weighted by atomic mass is 32.2. The fourth-order valence-electron chi connectivity index (χ4n) is 2.00. The first-order valence-electron chi connectivity index (χ1n) is 7.01. The van der Waals surface area contributed by atoms with Gasteiger partial charge in [-0.05, 0) is 31.9 Å². The van der Waals surface area contributed by atoms with Crippen LogP contribution in [0.2, 0.25) is 0 Å². The van der Waals surface area contributed by atoms with Gasteiger partial charge < -0.3 is 5.11 Å². The number of aliphatic hydroxyl groups is 1. The molecule has 1 aromatic rings. The van der Waals surface area contributed by atoms with E-state index in [2.05, 4.69) is 11.8 Å². The van der Waals surface area contributed by atoms with Gasteiger partial charge in [0.2, 0.25) is 10.0 Å². The Morgan fingerprint density at radius 2 is 1.81 bits per heavy atom. The van der Waals surface area contributed by atoms with E-state index in [4.69, 9.17) is 5.11 Å². The highest BCUT2D eigenvalue weighted by molar-refractivity contribution is 7.89. The maximum atomic E-state index is 12.9. The fraction of sp³-hybridized carbons (Fsp3) is 0.500. The van der Waals surface area contributed by atoms with Crippen LogP contribution >= 0.6 is 0 Å². The third kappa shape index (κ3) is 4.57. The second-order valence-corrected chi connectivity index (χ2v) is 7.38. The number of rotatable bonds is 5. The Morgan fingerprint density at radius 3 is 2.33 bits per heavy atom. The van der Waals surface area contributed by atoms with Crippen molar-refractivity contribution in [2.75, 3.05) is 13.2 Å². The summed E-state index contributed by atoms with van der Waals surface area (Å²) in [5.74, 6) is 5.45. The van der Waals surface area contributed by atoms with E-state index in [1.807, 2.05) is 27.7 Å². The zero-order valence-corrected chi connectivity index (χ0v) is 13.8. The number of hydrogen-bond donors (Lipinski definition) is 1. The average Bonchev–Trinajstić information content (AvgIpc) is 2.42. The summed E-state index contributed by atoms with van der Waals surface area (Å²) in [4.78, 5) is 0.195. The second-order valence-electron chi connectivity index (χ2n) is 5.52. The van der Waals surface area contributed by atoms with E-state index in [-0.39, 0.29) is 23.5 Å². The van der Waals surface area contributed by atoms with E-state index >= 15 is 0 Å². The van der Waals surface area contributed by atoms with Crippen molar-refractivity contribution < 1.29 is 13.5 Å². The average molecular weight is 309 g/mol. The molecule has 0 aromatic heterocycles. The maximum Gasteiger partial charge on any atom is 0.244 e. The Kier molecular flexibility index (Phi) is 6.41. The summed E-state index contributed by atoms with van der Waals surface area (Å²) in [6.45, 7) is 7.87. The van der Waals surface area contributed by atoms with Crippen LogP contribution in [-0.4, -0.2) is 37.0 Å². The van der Waals surface area contributed by atoms with Gasteiger partial charge in [-0.25, -0.2) is 8.42 Å². The van der Waals surface area contributed by atoms with E-state index in [0.29, 0.717) is 12.1 Å². The molecule has 0 bridgehead atoms. The quantitative estimate of drug-likeness (QED) is 0.847. The molecule has 0 saturated carbocycles. The van der Waals surface area contributed by atoms with Crippen molar-refractivity contribution in [3.63, 3.8) is 0 Å². The molecule has 0 aliphatic heterocycles. The first kappa shape index (κ1) is 17.7. The van der Waals surface area contributed by atoms with Crippen molar-refractivity contribution in [1.29, 1.82) is 0 Å². The second kappa shape index (κ2) is 7.60. The Balaban J connectivity index is 3.35. The maximum absolute atomic E-state index is 12.9. The molecule has 0 aliphatic rings. The summed E-state index contributed by atoms with van der Waals surface area (Å²) < 4.78 is 27.3. The minimum atomic E-state index is -3.61. The molecular weight excluding hydrogens is 286 g/mol. The van der Waals surface area contributed by atoms with Crippen molar-refractivity contribution in [3.05, 3.63) is 29.8 Å². The SMILES string of the molecule is CC(C)CN(C(C)C)S(=O)(=O)c1ccccc1C#CCO. The first-order valence-corrected chi connectivity index (χ1v) is 8.45. The largest absolute Gasteiger partial charge is 0.384 e. The van der Waals surface area contributed by atoms with Crippen molar-refractivity contribution in [2.45, 2.75) is 38.6 Å². The van der Waals surface area contributed by atoms with Crippen LogP contribution in [0.15, 0.2) is 29.2 Å². The topological polar surface area (TPSA) is 57.6 Å². The molecule has 1 rings (SSSR count). The highest BCUT2D eigenvalue weighted by Crippen LogP contribution is 2.22. The molecule has 116 valence electrons. The normalized spacial score (nSPS) is 11.8. The van der Waals surface area contributed by atoms with E-state index in [0.717, 1.165) is 0 Å². The summed E-state index contributed by atoms with van der Waals surface area (Å²) in [6.07, 6.45) is 0. The third-order valence-electron chi connectivity index (χ3n) is 2.90. The molecule has 1 N–H and O–H groups in total. The molecule has 0 unspecified atom stereocenters. The molecule has 0 atom stereocenters. The van der Waals surface area contributed by atoms with Gasteiger partial charge in [-0.2, -0.15) is 4.31 Å². The molecule has 0 amide bonds. The lowest BCUT2D eigenvalue weighted by Gasteiger charge is -2.28. The van der Waals surface area contributed by atoms with Crippen LogP contribution in [0.3, 0.4) is 0 Å². The minimum absolute atomic E-state index is 0.128. The molecular formula is C16H23NO3S. The predicted molar refractivity (Wildman–Crippen MR) is 84.3 cm³/mol. The molecule has 0 aliphatic carbocycles. The lowest BCUT2D eigenvalue weighted by molar-refractivity contribution is 0.319. The summed E-state index contributed by atoms with van der Waals surface area (Å²) in [6, 6.07) is 6.51. The molecule has 0 saturated heterocycles. The van der Waals surface area contributed by atoms with Crippen LogP contribution in [-0.2, 0) is 10.0 Å². The molecule has 5 heteroatoms. The van der Waals surface area contributed by atoms with Crippen molar-refractivity contribution >= 4 is 10.0 Å². The lowest BCUT2D eigenvalue weighted by Crippen LogP contribution is -2.39. The number of hydrogen-bond acceptors (Lipinski definition) is 3. The Morgan fingerprint density at radius 1 is 1.19 bits per heavy atom. The molecule has 0 radical (unpaired) electrons. The predicted octanol–water partition coefficient (Wildman–Crippen LogP) is 2.09. The van der Waals surface area contributed by atoms with E-state index < -0.39 is 10.0 Å². The van der Waals surface area contributed by atoms with Crippen LogP contribution < -0.4 is 0 Å².